The minimum absolute atomic E-state index is 0. The molecule has 146 valence electrons. The molecule has 1 aliphatic carbocycles. The summed E-state index contributed by atoms with van der Waals surface area (Å²) in [4.78, 5) is 16.8. The molecule has 1 atom stereocenters. The van der Waals surface area contributed by atoms with Crippen LogP contribution >= 0.6 is 24.8 Å². The molecule has 27 heavy (non-hydrogen) atoms. The van der Waals surface area contributed by atoms with Crippen LogP contribution in [-0.4, -0.2) is 24.0 Å². The van der Waals surface area contributed by atoms with Crippen molar-refractivity contribution in [1.29, 1.82) is 0 Å². The van der Waals surface area contributed by atoms with Gasteiger partial charge in [0.25, 0.3) is 0 Å². The number of carbonyl (C=O) groups excluding carboxylic acids is 1. The van der Waals surface area contributed by atoms with Crippen LogP contribution in [0.25, 0.3) is 0 Å². The number of ether oxygens (including phenoxy) is 1. The normalized spacial score (nSPS) is 19.4. The Kier molecular flexibility index (Phi) is 7.09. The van der Waals surface area contributed by atoms with Gasteiger partial charge in [-0.2, -0.15) is 0 Å². The van der Waals surface area contributed by atoms with Gasteiger partial charge in [0.05, 0.1) is 11.9 Å². The van der Waals surface area contributed by atoms with Crippen LogP contribution in [0, 0.1) is 18.3 Å². The predicted molar refractivity (Wildman–Crippen MR) is 111 cm³/mol. The Morgan fingerprint density at radius 1 is 1.15 bits per heavy atom. The number of aromatic nitrogens is 1. The summed E-state index contributed by atoms with van der Waals surface area (Å²) in [5.74, 6) is 1.54. The van der Waals surface area contributed by atoms with E-state index in [1.54, 1.807) is 12.3 Å². The molecule has 1 unspecified atom stereocenters. The second kappa shape index (κ2) is 8.91. The number of carbonyl (C=O) groups is 1. The number of benzene rings is 1. The summed E-state index contributed by atoms with van der Waals surface area (Å²) >= 11 is 0. The summed E-state index contributed by atoms with van der Waals surface area (Å²) in [5, 5.41) is 6.36. The first-order chi connectivity index (χ1) is 12.1. The maximum absolute atomic E-state index is 12.5. The molecule has 1 aromatic heterocycles. The zero-order valence-corrected chi connectivity index (χ0v) is 16.9. The molecule has 1 saturated heterocycles. The van der Waals surface area contributed by atoms with Gasteiger partial charge in [-0.05, 0) is 62.9 Å². The Labute approximate surface area is 172 Å². The number of halogens is 2. The Balaban J connectivity index is 0.00000131. The second-order valence-electron chi connectivity index (χ2n) is 7.16. The van der Waals surface area contributed by atoms with E-state index in [1.807, 2.05) is 37.3 Å². The van der Waals surface area contributed by atoms with Gasteiger partial charge < -0.3 is 15.4 Å². The number of hydrogen-bond donors (Lipinski definition) is 2. The topological polar surface area (TPSA) is 63.2 Å². The standard InChI is InChI=1S/C20H23N3O2.2ClH/c1-14-2-5-16(6-3-14)25-18-7-4-15(13-22-18)23-19(24)17-12-20(17)8-10-21-11-9-20;;/h2-7,13,17,21H,8-12H2,1H3,(H,23,24);2*1H. The van der Waals surface area contributed by atoms with Gasteiger partial charge in [0.1, 0.15) is 5.75 Å². The first-order valence-corrected chi connectivity index (χ1v) is 8.87. The van der Waals surface area contributed by atoms with Gasteiger partial charge in [-0.1, -0.05) is 17.7 Å². The van der Waals surface area contributed by atoms with E-state index >= 15 is 0 Å². The van der Waals surface area contributed by atoms with Crippen LogP contribution in [0.15, 0.2) is 42.6 Å². The number of piperidine rings is 1. The molecular formula is C20H25Cl2N3O2. The lowest BCUT2D eigenvalue weighted by atomic mass is 9.92. The van der Waals surface area contributed by atoms with Crippen molar-refractivity contribution in [2.24, 2.45) is 11.3 Å². The third-order valence-electron chi connectivity index (χ3n) is 5.35. The Bertz CT molecular complexity index is 760. The number of anilines is 1. The van der Waals surface area contributed by atoms with E-state index in [9.17, 15) is 4.79 Å². The maximum atomic E-state index is 12.5. The molecule has 2 heterocycles. The lowest BCUT2D eigenvalue weighted by molar-refractivity contribution is -0.118. The summed E-state index contributed by atoms with van der Waals surface area (Å²) in [5.41, 5.74) is 2.15. The van der Waals surface area contributed by atoms with E-state index in [2.05, 4.69) is 15.6 Å². The zero-order chi connectivity index (χ0) is 17.3. The van der Waals surface area contributed by atoms with E-state index in [0.29, 0.717) is 5.88 Å². The van der Waals surface area contributed by atoms with E-state index in [-0.39, 0.29) is 42.1 Å². The van der Waals surface area contributed by atoms with E-state index in [4.69, 9.17) is 4.74 Å². The molecule has 7 heteroatoms. The van der Waals surface area contributed by atoms with Crippen molar-refractivity contribution in [1.82, 2.24) is 10.3 Å². The molecule has 1 aromatic carbocycles. The highest BCUT2D eigenvalue weighted by molar-refractivity contribution is 5.95. The van der Waals surface area contributed by atoms with Crippen LogP contribution in [0.4, 0.5) is 5.69 Å². The van der Waals surface area contributed by atoms with Gasteiger partial charge in [-0.15, -0.1) is 24.8 Å². The molecule has 0 radical (unpaired) electrons. The molecule has 1 aliphatic heterocycles. The monoisotopic (exact) mass is 409 g/mol. The van der Waals surface area contributed by atoms with Gasteiger partial charge in [0, 0.05) is 12.0 Å². The molecule has 2 N–H and O–H groups in total. The molecule has 1 saturated carbocycles. The highest BCUT2D eigenvalue weighted by atomic mass is 35.5. The molecule has 4 rings (SSSR count). The van der Waals surface area contributed by atoms with Crippen LogP contribution in [0.2, 0.25) is 0 Å². The highest BCUT2D eigenvalue weighted by Crippen LogP contribution is 2.58. The van der Waals surface area contributed by atoms with Gasteiger partial charge in [-0.25, -0.2) is 4.98 Å². The summed E-state index contributed by atoms with van der Waals surface area (Å²) in [6.07, 6.45) is 4.88. The van der Waals surface area contributed by atoms with Gasteiger partial charge in [0.15, 0.2) is 0 Å². The zero-order valence-electron chi connectivity index (χ0n) is 15.2. The third-order valence-corrected chi connectivity index (χ3v) is 5.35. The van der Waals surface area contributed by atoms with Crippen LogP contribution in [0.3, 0.4) is 0 Å². The molecule has 2 fully saturated rings. The number of rotatable bonds is 4. The van der Waals surface area contributed by atoms with E-state index < -0.39 is 0 Å². The Morgan fingerprint density at radius 3 is 2.48 bits per heavy atom. The predicted octanol–water partition coefficient (Wildman–Crippen LogP) is 4.35. The molecule has 2 aromatic rings. The lowest BCUT2D eigenvalue weighted by Crippen LogP contribution is -2.31. The first-order valence-electron chi connectivity index (χ1n) is 8.87. The second-order valence-corrected chi connectivity index (χ2v) is 7.16. The average molecular weight is 410 g/mol. The van der Waals surface area contributed by atoms with Gasteiger partial charge in [-0.3, -0.25) is 4.79 Å². The van der Waals surface area contributed by atoms with Crippen molar-refractivity contribution < 1.29 is 9.53 Å². The van der Waals surface area contributed by atoms with Crippen LogP contribution in [0.5, 0.6) is 11.6 Å². The molecule has 2 aliphatic rings. The van der Waals surface area contributed by atoms with Crippen molar-refractivity contribution in [3.05, 3.63) is 48.2 Å². The number of aryl methyl sites for hydroxylation is 1. The first kappa shape index (κ1) is 21.5. The summed E-state index contributed by atoms with van der Waals surface area (Å²) < 4.78 is 5.71. The van der Waals surface area contributed by atoms with Crippen molar-refractivity contribution in [3.8, 4) is 11.6 Å². The van der Waals surface area contributed by atoms with Gasteiger partial charge >= 0.3 is 0 Å². The quantitative estimate of drug-likeness (QED) is 0.787. The fourth-order valence-corrected chi connectivity index (χ4v) is 3.67. The summed E-state index contributed by atoms with van der Waals surface area (Å²) in [7, 11) is 0. The SMILES string of the molecule is Cc1ccc(Oc2ccc(NC(=O)C3CC34CCNCC4)cn2)cc1.Cl.Cl. The molecular weight excluding hydrogens is 385 g/mol. The minimum atomic E-state index is 0. The van der Waals surface area contributed by atoms with Crippen molar-refractivity contribution in [3.63, 3.8) is 0 Å². The summed E-state index contributed by atoms with van der Waals surface area (Å²) in [6, 6.07) is 11.4. The third kappa shape index (κ3) is 4.92. The van der Waals surface area contributed by atoms with Crippen LogP contribution in [0.1, 0.15) is 24.8 Å². The Morgan fingerprint density at radius 2 is 1.85 bits per heavy atom. The van der Waals surface area contributed by atoms with Crippen molar-refractivity contribution in [2.75, 3.05) is 18.4 Å². The van der Waals surface area contributed by atoms with E-state index in [1.165, 1.54) is 5.56 Å². The van der Waals surface area contributed by atoms with E-state index in [0.717, 1.165) is 43.8 Å². The lowest BCUT2D eigenvalue weighted by Gasteiger charge is -2.23. The molecule has 1 amide bonds. The minimum Gasteiger partial charge on any atom is -0.439 e. The fraction of sp³-hybridized carbons (Fsp3) is 0.400. The summed E-state index contributed by atoms with van der Waals surface area (Å²) in [6.45, 7) is 4.08. The molecule has 0 bridgehead atoms. The van der Waals surface area contributed by atoms with Crippen molar-refractivity contribution in [2.45, 2.75) is 26.2 Å². The Hall–Kier alpha value is -1.82. The highest BCUT2D eigenvalue weighted by Gasteiger charge is 2.57. The smallest absolute Gasteiger partial charge is 0.228 e. The molecule has 5 nitrogen and oxygen atoms in total. The largest absolute Gasteiger partial charge is 0.439 e. The average Bonchev–Trinajstić information content (AvgIpc) is 3.32. The number of amides is 1. The van der Waals surface area contributed by atoms with Gasteiger partial charge in [0.2, 0.25) is 11.8 Å². The number of nitrogens with zero attached hydrogens (tertiary/aromatic N) is 1. The molecule has 1 spiro atoms. The van der Waals surface area contributed by atoms with Crippen LogP contribution < -0.4 is 15.4 Å². The fourth-order valence-electron chi connectivity index (χ4n) is 3.67. The maximum Gasteiger partial charge on any atom is 0.228 e. The number of hydrogen-bond acceptors (Lipinski definition) is 4. The van der Waals surface area contributed by atoms with Crippen molar-refractivity contribution >= 4 is 36.4 Å². The van der Waals surface area contributed by atoms with Crippen LogP contribution in [-0.2, 0) is 4.79 Å². The number of pyridine rings is 1. The number of nitrogens with one attached hydrogen (secondary N) is 2.